The number of hydrogen-bond acceptors (Lipinski definition) is 3. The van der Waals surface area contributed by atoms with Crippen LogP contribution in [0.3, 0.4) is 0 Å². The van der Waals surface area contributed by atoms with Gasteiger partial charge in [-0.3, -0.25) is 0 Å². The second-order valence-corrected chi connectivity index (χ2v) is 4.13. The molecule has 18 heavy (non-hydrogen) atoms. The summed E-state index contributed by atoms with van der Waals surface area (Å²) in [5, 5.41) is 0. The lowest BCUT2D eigenvalue weighted by Gasteiger charge is -2.10. The first-order chi connectivity index (χ1) is 8.71. The summed E-state index contributed by atoms with van der Waals surface area (Å²) in [7, 11) is 1.64. The minimum absolute atomic E-state index is 0.100. The molecule has 0 fully saturated rings. The molecule has 0 spiro atoms. The minimum atomic E-state index is -0.100. The molecule has 0 aliphatic carbocycles. The van der Waals surface area contributed by atoms with Crippen LogP contribution in [0.25, 0.3) is 11.0 Å². The Morgan fingerprint density at radius 3 is 2.94 bits per heavy atom. The van der Waals surface area contributed by atoms with Crippen molar-refractivity contribution in [3.8, 4) is 18.1 Å². The molecule has 2 N–H and O–H groups in total. The van der Waals surface area contributed by atoms with E-state index in [1.54, 1.807) is 7.11 Å². The zero-order chi connectivity index (χ0) is 13.1. The molecule has 2 rings (SSSR count). The van der Waals surface area contributed by atoms with E-state index < -0.39 is 0 Å². The normalized spacial score (nSPS) is 12.3. The van der Waals surface area contributed by atoms with E-state index >= 15 is 0 Å². The molecule has 4 nitrogen and oxygen atoms in total. The van der Waals surface area contributed by atoms with Crippen LogP contribution in [-0.2, 0) is 6.54 Å². The van der Waals surface area contributed by atoms with Gasteiger partial charge in [-0.05, 0) is 18.6 Å². The van der Waals surface area contributed by atoms with E-state index in [9.17, 15) is 0 Å². The van der Waals surface area contributed by atoms with Gasteiger partial charge in [0, 0.05) is 6.07 Å². The maximum Gasteiger partial charge on any atom is 0.127 e. The molecule has 0 bridgehead atoms. The number of methoxy groups -OCH3 is 1. The molecule has 0 saturated heterocycles. The Morgan fingerprint density at radius 1 is 1.56 bits per heavy atom. The number of fused-ring (bicyclic) bond motifs is 1. The average Bonchev–Trinajstić information content (AvgIpc) is 2.76. The predicted molar refractivity (Wildman–Crippen MR) is 72.3 cm³/mol. The SMILES string of the molecule is C#CCn1c(C(N)CC)nc2cc(OC)ccc21. The van der Waals surface area contributed by atoms with Gasteiger partial charge in [-0.2, -0.15) is 0 Å². The number of rotatable bonds is 4. The lowest BCUT2D eigenvalue weighted by Crippen LogP contribution is -2.15. The second-order valence-electron chi connectivity index (χ2n) is 4.13. The molecule has 1 aromatic heterocycles. The minimum Gasteiger partial charge on any atom is -0.497 e. The van der Waals surface area contributed by atoms with Gasteiger partial charge in [-0.15, -0.1) is 6.42 Å². The Hall–Kier alpha value is -1.99. The number of terminal acetylenes is 1. The monoisotopic (exact) mass is 243 g/mol. The number of nitrogens with zero attached hydrogens (tertiary/aromatic N) is 2. The molecule has 1 heterocycles. The van der Waals surface area contributed by atoms with Gasteiger partial charge in [-0.1, -0.05) is 12.8 Å². The lowest BCUT2D eigenvalue weighted by atomic mass is 10.2. The summed E-state index contributed by atoms with van der Waals surface area (Å²) in [6, 6.07) is 5.66. The molecule has 4 heteroatoms. The Labute approximate surface area is 107 Å². The van der Waals surface area contributed by atoms with Crippen molar-refractivity contribution in [1.82, 2.24) is 9.55 Å². The summed E-state index contributed by atoms with van der Waals surface area (Å²) in [5.74, 6) is 4.26. The van der Waals surface area contributed by atoms with Gasteiger partial charge in [0.2, 0.25) is 0 Å². The van der Waals surface area contributed by atoms with E-state index in [0.717, 1.165) is 29.0 Å². The number of imidazole rings is 1. The molecule has 1 atom stereocenters. The highest BCUT2D eigenvalue weighted by Gasteiger charge is 2.15. The number of benzene rings is 1. The molecule has 94 valence electrons. The second kappa shape index (κ2) is 5.11. The number of nitrogens with two attached hydrogens (primary N) is 1. The fourth-order valence-corrected chi connectivity index (χ4v) is 1.98. The molecule has 1 aromatic carbocycles. The van der Waals surface area contributed by atoms with E-state index in [0.29, 0.717) is 6.54 Å². The van der Waals surface area contributed by atoms with Gasteiger partial charge in [0.25, 0.3) is 0 Å². The van der Waals surface area contributed by atoms with E-state index in [1.807, 2.05) is 29.7 Å². The maximum absolute atomic E-state index is 6.08. The number of ether oxygens (including phenoxy) is 1. The molecule has 2 aromatic rings. The number of hydrogen-bond donors (Lipinski definition) is 1. The van der Waals surface area contributed by atoms with E-state index in [4.69, 9.17) is 16.9 Å². The molecule has 1 unspecified atom stereocenters. The predicted octanol–water partition coefficient (Wildman–Crippen LogP) is 2.09. The fourth-order valence-electron chi connectivity index (χ4n) is 1.98. The van der Waals surface area contributed by atoms with E-state index in [1.165, 1.54) is 0 Å². The summed E-state index contributed by atoms with van der Waals surface area (Å²) >= 11 is 0. The molecule has 0 amide bonds. The highest BCUT2D eigenvalue weighted by Crippen LogP contribution is 2.24. The Morgan fingerprint density at radius 2 is 2.33 bits per heavy atom. The van der Waals surface area contributed by atoms with Crippen LogP contribution in [0.4, 0.5) is 0 Å². The van der Waals surface area contributed by atoms with Gasteiger partial charge in [0.15, 0.2) is 0 Å². The third kappa shape index (κ3) is 2.05. The highest BCUT2D eigenvalue weighted by atomic mass is 16.5. The van der Waals surface area contributed by atoms with Crippen molar-refractivity contribution in [1.29, 1.82) is 0 Å². The van der Waals surface area contributed by atoms with Crippen LogP contribution < -0.4 is 10.5 Å². The maximum atomic E-state index is 6.08. The van der Waals surface area contributed by atoms with Crippen LogP contribution in [0.15, 0.2) is 18.2 Å². The molecule has 0 aliphatic heterocycles. The van der Waals surface area contributed by atoms with Crippen LogP contribution in [0.1, 0.15) is 25.2 Å². The summed E-state index contributed by atoms with van der Waals surface area (Å²) in [6.45, 7) is 2.51. The van der Waals surface area contributed by atoms with Gasteiger partial charge >= 0.3 is 0 Å². The zero-order valence-electron chi connectivity index (χ0n) is 10.7. The molecule has 0 radical (unpaired) electrons. The summed E-state index contributed by atoms with van der Waals surface area (Å²) in [6.07, 6.45) is 6.24. The number of aromatic nitrogens is 2. The topological polar surface area (TPSA) is 53.1 Å². The smallest absolute Gasteiger partial charge is 0.127 e. The summed E-state index contributed by atoms with van der Waals surface area (Å²) in [4.78, 5) is 4.57. The van der Waals surface area contributed by atoms with Crippen LogP contribution in [0.2, 0.25) is 0 Å². The van der Waals surface area contributed by atoms with Gasteiger partial charge in [0.05, 0.1) is 30.7 Å². The van der Waals surface area contributed by atoms with Crippen molar-refractivity contribution in [3.05, 3.63) is 24.0 Å². The molecular formula is C14H17N3O. The van der Waals surface area contributed by atoms with Gasteiger partial charge in [-0.25, -0.2) is 4.98 Å². The van der Waals surface area contributed by atoms with Crippen molar-refractivity contribution >= 4 is 11.0 Å². The summed E-state index contributed by atoms with van der Waals surface area (Å²) < 4.78 is 7.19. The van der Waals surface area contributed by atoms with Crippen LogP contribution in [-0.4, -0.2) is 16.7 Å². The third-order valence-corrected chi connectivity index (χ3v) is 3.01. The standard InChI is InChI=1S/C14H17N3O/c1-4-8-17-13-7-6-10(18-3)9-12(13)16-14(17)11(15)5-2/h1,6-7,9,11H,5,8,15H2,2-3H3. The molecule has 0 aliphatic rings. The van der Waals surface area contributed by atoms with Crippen molar-refractivity contribution in [2.45, 2.75) is 25.9 Å². The summed E-state index contributed by atoms with van der Waals surface area (Å²) in [5.41, 5.74) is 7.93. The molecular weight excluding hydrogens is 226 g/mol. The first-order valence-corrected chi connectivity index (χ1v) is 5.94. The van der Waals surface area contributed by atoms with Crippen molar-refractivity contribution in [2.75, 3.05) is 7.11 Å². The fraction of sp³-hybridized carbons (Fsp3) is 0.357. The van der Waals surface area contributed by atoms with E-state index in [2.05, 4.69) is 10.9 Å². The van der Waals surface area contributed by atoms with Gasteiger partial charge < -0.3 is 15.0 Å². The van der Waals surface area contributed by atoms with Crippen LogP contribution in [0.5, 0.6) is 5.75 Å². The quantitative estimate of drug-likeness (QED) is 0.836. The van der Waals surface area contributed by atoms with Gasteiger partial charge in [0.1, 0.15) is 11.6 Å². The first-order valence-electron chi connectivity index (χ1n) is 5.94. The Balaban J connectivity index is 2.63. The lowest BCUT2D eigenvalue weighted by molar-refractivity contribution is 0.415. The van der Waals surface area contributed by atoms with E-state index in [-0.39, 0.29) is 6.04 Å². The van der Waals surface area contributed by atoms with Crippen LogP contribution >= 0.6 is 0 Å². The first kappa shape index (κ1) is 12.5. The Kier molecular flexibility index (Phi) is 3.54. The zero-order valence-corrected chi connectivity index (χ0v) is 10.7. The van der Waals surface area contributed by atoms with Crippen LogP contribution in [0, 0.1) is 12.3 Å². The largest absolute Gasteiger partial charge is 0.497 e. The Bertz CT molecular complexity index is 595. The van der Waals surface area contributed by atoms with Crippen molar-refractivity contribution in [3.63, 3.8) is 0 Å². The highest BCUT2D eigenvalue weighted by molar-refractivity contribution is 5.78. The van der Waals surface area contributed by atoms with Crippen molar-refractivity contribution in [2.24, 2.45) is 5.73 Å². The van der Waals surface area contributed by atoms with Crippen molar-refractivity contribution < 1.29 is 4.74 Å². The average molecular weight is 243 g/mol. The third-order valence-electron chi connectivity index (χ3n) is 3.01. The molecule has 0 saturated carbocycles.